The van der Waals surface area contributed by atoms with E-state index in [0.717, 1.165) is 12.2 Å². The van der Waals surface area contributed by atoms with Crippen molar-refractivity contribution in [3.05, 3.63) is 29.3 Å². The summed E-state index contributed by atoms with van der Waals surface area (Å²) in [6.45, 7) is 2.35. The van der Waals surface area contributed by atoms with Crippen LogP contribution in [0.1, 0.15) is 43.7 Å². The van der Waals surface area contributed by atoms with Gasteiger partial charge in [0.2, 0.25) is 0 Å². The summed E-state index contributed by atoms with van der Waals surface area (Å²) in [4.78, 5) is 0. The van der Waals surface area contributed by atoms with Crippen LogP contribution in [0.4, 0.5) is 0 Å². The van der Waals surface area contributed by atoms with Crippen molar-refractivity contribution in [2.45, 2.75) is 50.5 Å². The van der Waals surface area contributed by atoms with Gasteiger partial charge >= 0.3 is 0 Å². The topological polar surface area (TPSA) is 35.2 Å². The molecule has 2 heteroatoms. The average Bonchev–Trinajstić information content (AvgIpc) is 2.48. The first-order chi connectivity index (χ1) is 8.65. The Labute approximate surface area is 110 Å². The van der Waals surface area contributed by atoms with Crippen LogP contribution in [0.5, 0.6) is 5.75 Å². The average molecular weight is 245 g/mol. The molecule has 0 spiro atoms. The molecule has 1 saturated carbocycles. The van der Waals surface area contributed by atoms with Gasteiger partial charge in [-0.05, 0) is 48.4 Å². The van der Waals surface area contributed by atoms with Crippen molar-refractivity contribution in [1.82, 2.24) is 0 Å². The second-order valence-corrected chi connectivity index (χ2v) is 6.18. The maximum atomic E-state index is 6.58. The molecule has 0 aromatic heterocycles. The zero-order chi connectivity index (χ0) is 12.8. The molecule has 98 valence electrons. The van der Waals surface area contributed by atoms with Crippen molar-refractivity contribution >= 4 is 0 Å². The van der Waals surface area contributed by atoms with E-state index in [4.69, 9.17) is 10.5 Å². The lowest BCUT2D eigenvalue weighted by Gasteiger charge is -2.44. The van der Waals surface area contributed by atoms with Crippen LogP contribution in [0, 0.1) is 5.92 Å². The maximum absolute atomic E-state index is 6.58. The zero-order valence-corrected chi connectivity index (χ0v) is 11.4. The number of ether oxygens (including phenoxy) is 1. The highest BCUT2D eigenvalue weighted by atomic mass is 16.5. The lowest BCUT2D eigenvalue weighted by Crippen LogP contribution is -2.51. The minimum absolute atomic E-state index is 0.142. The third-order valence-corrected chi connectivity index (χ3v) is 5.18. The molecular weight excluding hydrogens is 222 g/mol. The normalized spacial score (nSPS) is 34.6. The predicted octanol–water partition coefficient (Wildman–Crippen LogP) is 3.03. The molecule has 1 unspecified atom stereocenters. The van der Waals surface area contributed by atoms with E-state index < -0.39 is 0 Å². The Bertz CT molecular complexity index is 456. The Hall–Kier alpha value is -1.02. The second-order valence-electron chi connectivity index (χ2n) is 6.18. The molecule has 1 fully saturated rings. The molecule has 0 aliphatic heterocycles. The van der Waals surface area contributed by atoms with Crippen molar-refractivity contribution in [2.75, 3.05) is 7.11 Å². The summed E-state index contributed by atoms with van der Waals surface area (Å²) >= 11 is 0. The van der Waals surface area contributed by atoms with E-state index >= 15 is 0 Å². The van der Waals surface area contributed by atoms with E-state index in [1.54, 1.807) is 7.11 Å². The van der Waals surface area contributed by atoms with Gasteiger partial charge in [-0.3, -0.25) is 0 Å². The summed E-state index contributed by atoms with van der Waals surface area (Å²) < 4.78 is 5.39. The van der Waals surface area contributed by atoms with Crippen molar-refractivity contribution in [3.8, 4) is 5.75 Å². The largest absolute Gasteiger partial charge is 0.497 e. The smallest absolute Gasteiger partial charge is 0.119 e. The van der Waals surface area contributed by atoms with Gasteiger partial charge in [-0.1, -0.05) is 25.8 Å². The summed E-state index contributed by atoms with van der Waals surface area (Å²) in [6.07, 6.45) is 6.29. The van der Waals surface area contributed by atoms with Crippen LogP contribution in [-0.2, 0) is 11.8 Å². The minimum Gasteiger partial charge on any atom is -0.497 e. The van der Waals surface area contributed by atoms with Crippen LogP contribution in [0.25, 0.3) is 0 Å². The maximum Gasteiger partial charge on any atom is 0.119 e. The Kier molecular flexibility index (Phi) is 2.86. The first kappa shape index (κ1) is 12.0. The Morgan fingerprint density at radius 1 is 1.33 bits per heavy atom. The van der Waals surface area contributed by atoms with E-state index in [-0.39, 0.29) is 5.41 Å². The fraction of sp³-hybridized carbons (Fsp3) is 0.625. The van der Waals surface area contributed by atoms with Gasteiger partial charge < -0.3 is 10.5 Å². The molecule has 1 aromatic rings. The van der Waals surface area contributed by atoms with Crippen LogP contribution < -0.4 is 10.5 Å². The summed E-state index contributed by atoms with van der Waals surface area (Å²) in [5.74, 6) is 1.63. The molecular formula is C16H23NO. The summed E-state index contributed by atoms with van der Waals surface area (Å²) in [6, 6.07) is 6.86. The molecule has 0 amide bonds. The highest BCUT2D eigenvalue weighted by Crippen LogP contribution is 2.47. The minimum atomic E-state index is 0.142. The monoisotopic (exact) mass is 245 g/mol. The van der Waals surface area contributed by atoms with Gasteiger partial charge in [-0.25, -0.2) is 0 Å². The number of rotatable bonds is 1. The Morgan fingerprint density at radius 2 is 2.17 bits per heavy atom. The standard InChI is InChI=1S/C16H23NO/c1-16-8-4-3-5-12(15(16)17)9-11-6-7-13(18-2)10-14(11)16/h6-7,10,12,15H,3-5,8-9,17H2,1-2H3/t12?,15-,16+/m0/s1. The van der Waals surface area contributed by atoms with E-state index in [0.29, 0.717) is 12.0 Å². The SMILES string of the molecule is COc1ccc2c(c1)[C@@]1(C)CCCCC(C2)[C@@H]1N. The molecule has 0 heterocycles. The molecule has 3 atom stereocenters. The molecule has 2 N–H and O–H groups in total. The van der Waals surface area contributed by atoms with Gasteiger partial charge in [0.25, 0.3) is 0 Å². The van der Waals surface area contributed by atoms with E-state index in [1.165, 1.54) is 36.8 Å². The number of methoxy groups -OCH3 is 1. The lowest BCUT2D eigenvalue weighted by molar-refractivity contribution is 0.254. The molecule has 0 radical (unpaired) electrons. The number of fused-ring (bicyclic) bond motifs is 4. The van der Waals surface area contributed by atoms with E-state index in [2.05, 4.69) is 25.1 Å². The summed E-state index contributed by atoms with van der Waals surface area (Å²) in [5, 5.41) is 0. The molecule has 1 aromatic carbocycles. The second kappa shape index (κ2) is 4.27. The number of hydrogen-bond acceptors (Lipinski definition) is 2. The molecule has 0 saturated heterocycles. The van der Waals surface area contributed by atoms with Crippen LogP contribution in [0.15, 0.2) is 18.2 Å². The highest BCUT2D eigenvalue weighted by molar-refractivity contribution is 5.44. The van der Waals surface area contributed by atoms with Gasteiger partial charge in [0.1, 0.15) is 5.75 Å². The fourth-order valence-electron chi connectivity index (χ4n) is 3.98. The number of hydrogen-bond donors (Lipinski definition) is 1. The molecule has 3 rings (SSSR count). The molecule has 2 bridgehead atoms. The van der Waals surface area contributed by atoms with Crippen LogP contribution >= 0.6 is 0 Å². The van der Waals surface area contributed by atoms with Crippen molar-refractivity contribution in [2.24, 2.45) is 11.7 Å². The quantitative estimate of drug-likeness (QED) is 0.825. The van der Waals surface area contributed by atoms with Crippen molar-refractivity contribution in [3.63, 3.8) is 0 Å². The molecule has 2 nitrogen and oxygen atoms in total. The van der Waals surface area contributed by atoms with Gasteiger partial charge in [-0.2, -0.15) is 0 Å². The van der Waals surface area contributed by atoms with Crippen LogP contribution in [0.2, 0.25) is 0 Å². The van der Waals surface area contributed by atoms with E-state index in [9.17, 15) is 0 Å². The fourth-order valence-corrected chi connectivity index (χ4v) is 3.98. The first-order valence-electron chi connectivity index (χ1n) is 7.08. The van der Waals surface area contributed by atoms with Gasteiger partial charge in [0, 0.05) is 11.5 Å². The molecule has 2 aliphatic rings. The van der Waals surface area contributed by atoms with Crippen molar-refractivity contribution in [1.29, 1.82) is 0 Å². The van der Waals surface area contributed by atoms with E-state index in [1.807, 2.05) is 0 Å². The van der Waals surface area contributed by atoms with Crippen molar-refractivity contribution < 1.29 is 4.74 Å². The third kappa shape index (κ3) is 1.66. The van der Waals surface area contributed by atoms with Gasteiger partial charge in [0.05, 0.1) is 7.11 Å². The third-order valence-electron chi connectivity index (χ3n) is 5.18. The van der Waals surface area contributed by atoms with Gasteiger partial charge in [-0.15, -0.1) is 0 Å². The number of benzene rings is 1. The predicted molar refractivity (Wildman–Crippen MR) is 74.0 cm³/mol. The van der Waals surface area contributed by atoms with Gasteiger partial charge in [0.15, 0.2) is 0 Å². The summed E-state index contributed by atoms with van der Waals surface area (Å²) in [7, 11) is 1.74. The Balaban J connectivity index is 2.13. The molecule has 2 aliphatic carbocycles. The van der Waals surface area contributed by atoms with Crippen LogP contribution in [-0.4, -0.2) is 13.2 Å². The first-order valence-corrected chi connectivity index (χ1v) is 7.08. The highest BCUT2D eigenvalue weighted by Gasteiger charge is 2.44. The molecule has 18 heavy (non-hydrogen) atoms. The summed E-state index contributed by atoms with van der Waals surface area (Å²) in [5.41, 5.74) is 9.66. The Morgan fingerprint density at radius 3 is 2.94 bits per heavy atom. The number of nitrogens with two attached hydrogens (primary N) is 1. The van der Waals surface area contributed by atoms with Crippen LogP contribution in [0.3, 0.4) is 0 Å². The zero-order valence-electron chi connectivity index (χ0n) is 11.4. The lowest BCUT2D eigenvalue weighted by atomic mass is 9.63.